The molecular formula is C29H27N3O7. The van der Waals surface area contributed by atoms with Crippen LogP contribution in [-0.4, -0.2) is 53.6 Å². The van der Waals surface area contributed by atoms with E-state index in [9.17, 15) is 34.5 Å². The molecule has 0 saturated carbocycles. The molecule has 1 aromatic carbocycles. The minimum Gasteiger partial charge on any atom is -0.504 e. The van der Waals surface area contributed by atoms with Crippen LogP contribution < -0.4 is 10.6 Å². The minimum atomic E-state index is -1.37. The number of carboxylic acid groups (broad SMARTS) is 1. The zero-order valence-electron chi connectivity index (χ0n) is 22.2. The van der Waals surface area contributed by atoms with Gasteiger partial charge >= 0.3 is 5.97 Å². The van der Waals surface area contributed by atoms with E-state index >= 15 is 0 Å². The van der Waals surface area contributed by atoms with Gasteiger partial charge in [-0.3, -0.25) is 14.4 Å². The van der Waals surface area contributed by atoms with Gasteiger partial charge in [0.2, 0.25) is 17.3 Å². The van der Waals surface area contributed by atoms with Gasteiger partial charge in [-0.05, 0) is 44.4 Å². The highest BCUT2D eigenvalue weighted by Gasteiger charge is 2.39. The highest BCUT2D eigenvalue weighted by Crippen LogP contribution is 2.45. The minimum absolute atomic E-state index is 0.0844. The highest BCUT2D eigenvalue weighted by atomic mass is 16.4. The topological polar surface area (TPSA) is 176 Å². The first-order valence-corrected chi connectivity index (χ1v) is 12.2. The number of hydrogen-bond donors (Lipinski definition) is 6. The van der Waals surface area contributed by atoms with Crippen LogP contribution in [0.1, 0.15) is 69.8 Å². The smallest absolute Gasteiger partial charge is 0.353 e. The van der Waals surface area contributed by atoms with Crippen molar-refractivity contribution < 1.29 is 34.5 Å². The first-order valence-electron chi connectivity index (χ1n) is 12.2. The molecule has 0 amide bonds. The number of carbonyl (C=O) groups is 4. The molecule has 6 N–H and O–H groups in total. The van der Waals surface area contributed by atoms with E-state index < -0.39 is 40.2 Å². The van der Waals surface area contributed by atoms with Crippen molar-refractivity contribution in [2.75, 3.05) is 0 Å². The van der Waals surface area contributed by atoms with Gasteiger partial charge in [0.25, 0.3) is 0 Å². The molecule has 5 rings (SSSR count). The fourth-order valence-corrected chi connectivity index (χ4v) is 5.44. The quantitative estimate of drug-likeness (QED) is 0.134. The predicted octanol–water partition coefficient (Wildman–Crippen LogP) is 2.64. The number of aromatic amines is 3. The van der Waals surface area contributed by atoms with Crippen LogP contribution in [0.25, 0.3) is 22.0 Å². The third-order valence-corrected chi connectivity index (χ3v) is 6.94. The summed E-state index contributed by atoms with van der Waals surface area (Å²) in [5.74, 6) is -5.42. The van der Waals surface area contributed by atoms with E-state index in [0.717, 1.165) is 0 Å². The molecule has 0 fully saturated rings. The Morgan fingerprint density at radius 3 is 2.05 bits per heavy atom. The average molecular weight is 530 g/mol. The number of fused-ring (bicyclic) bond motifs is 2. The zero-order valence-corrected chi connectivity index (χ0v) is 22.2. The molecule has 0 saturated heterocycles. The van der Waals surface area contributed by atoms with Gasteiger partial charge in [-0.1, -0.05) is 20.8 Å². The van der Waals surface area contributed by atoms with E-state index in [1.807, 2.05) is 20.8 Å². The number of Topliss-reactive ketones (excluding diaryl/α,β-unsaturated/α-hetero) is 2. The lowest BCUT2D eigenvalue weighted by atomic mass is 9.77. The Kier molecular flexibility index (Phi) is 5.50. The molecule has 3 heterocycles. The number of rotatable bonds is 4. The molecule has 3 aromatic heterocycles. The van der Waals surface area contributed by atoms with Gasteiger partial charge in [-0.2, -0.15) is 0 Å². The largest absolute Gasteiger partial charge is 0.504 e. The Labute approximate surface area is 221 Å². The zero-order chi connectivity index (χ0) is 28.7. The standard InChI is InChI=1S/C29H27N3O7/c1-10-7-13-16(17-21-14(8-11(2)31-21)19(29(4,5)6)27(37)25(17)35)24(34)26(36)18(20(13)30-10)23(33)15-9-12(3)32-22(15)28(38)39/h7-9,30-32,34,36H,1-6H3,(H,38,39). The van der Waals surface area contributed by atoms with Crippen LogP contribution in [0.2, 0.25) is 0 Å². The van der Waals surface area contributed by atoms with E-state index in [1.54, 1.807) is 32.9 Å². The Balaban J connectivity index is 1.93. The number of carbonyl (C=O) groups excluding carboxylic acids is 3. The lowest BCUT2D eigenvalue weighted by molar-refractivity contribution is -0.130. The van der Waals surface area contributed by atoms with Crippen molar-refractivity contribution in [3.8, 4) is 11.5 Å². The molecule has 0 spiro atoms. The van der Waals surface area contributed by atoms with Crippen molar-refractivity contribution in [2.45, 2.75) is 41.5 Å². The highest BCUT2D eigenvalue weighted by molar-refractivity contribution is 6.65. The maximum Gasteiger partial charge on any atom is 0.353 e. The summed E-state index contributed by atoms with van der Waals surface area (Å²) in [4.78, 5) is 61.2. The molecule has 0 unspecified atom stereocenters. The Morgan fingerprint density at radius 2 is 1.44 bits per heavy atom. The average Bonchev–Trinajstić information content (AvgIpc) is 3.51. The molecule has 1 aliphatic rings. The first kappa shape index (κ1) is 25.8. The third-order valence-electron chi connectivity index (χ3n) is 6.94. The van der Waals surface area contributed by atoms with Crippen LogP contribution >= 0.6 is 0 Å². The molecule has 0 aliphatic heterocycles. The summed E-state index contributed by atoms with van der Waals surface area (Å²) >= 11 is 0. The van der Waals surface area contributed by atoms with Crippen molar-refractivity contribution in [2.24, 2.45) is 5.41 Å². The van der Waals surface area contributed by atoms with Gasteiger partial charge < -0.3 is 30.3 Å². The van der Waals surface area contributed by atoms with Crippen molar-refractivity contribution in [1.82, 2.24) is 15.0 Å². The molecule has 0 bridgehead atoms. The molecule has 39 heavy (non-hydrogen) atoms. The number of phenolic OH excluding ortho intramolecular Hbond substituents is 2. The van der Waals surface area contributed by atoms with Gasteiger partial charge in [0, 0.05) is 38.8 Å². The number of nitrogens with one attached hydrogen (secondary N) is 3. The summed E-state index contributed by atoms with van der Waals surface area (Å²) in [6.45, 7) is 10.5. The van der Waals surface area contributed by atoms with Crippen molar-refractivity contribution in [1.29, 1.82) is 0 Å². The molecule has 0 atom stereocenters. The van der Waals surface area contributed by atoms with Crippen molar-refractivity contribution >= 4 is 45.4 Å². The number of phenols is 2. The molecule has 4 aromatic rings. The van der Waals surface area contributed by atoms with Gasteiger partial charge in [-0.15, -0.1) is 0 Å². The number of carboxylic acids is 1. The number of aryl methyl sites for hydroxylation is 3. The van der Waals surface area contributed by atoms with Gasteiger partial charge in [0.05, 0.1) is 27.6 Å². The normalized spacial score (nSPS) is 13.9. The summed E-state index contributed by atoms with van der Waals surface area (Å²) in [6.07, 6.45) is 0. The van der Waals surface area contributed by atoms with E-state index in [1.165, 1.54) is 6.07 Å². The Hall–Kier alpha value is -4.86. The van der Waals surface area contributed by atoms with Crippen LogP contribution in [0, 0.1) is 26.2 Å². The molecule has 0 radical (unpaired) electrons. The molecule has 1 aliphatic carbocycles. The van der Waals surface area contributed by atoms with Crippen LogP contribution in [0.3, 0.4) is 0 Å². The molecule has 200 valence electrons. The number of benzene rings is 1. The summed E-state index contributed by atoms with van der Waals surface area (Å²) in [5, 5.41) is 33.2. The number of ketones is 3. The van der Waals surface area contributed by atoms with Gasteiger partial charge in [-0.25, -0.2) is 4.79 Å². The van der Waals surface area contributed by atoms with Crippen LogP contribution in [0.15, 0.2) is 18.2 Å². The van der Waals surface area contributed by atoms with Crippen LogP contribution in [-0.2, 0) is 9.59 Å². The van der Waals surface area contributed by atoms with Crippen molar-refractivity contribution in [3.05, 3.63) is 68.2 Å². The van der Waals surface area contributed by atoms with Gasteiger partial charge in [0.15, 0.2) is 11.5 Å². The number of aromatic hydroxyl groups is 2. The maximum absolute atomic E-state index is 13.7. The number of aromatic nitrogens is 3. The van der Waals surface area contributed by atoms with Crippen molar-refractivity contribution in [3.63, 3.8) is 0 Å². The second-order valence-electron chi connectivity index (χ2n) is 11.0. The molecule has 10 heteroatoms. The van der Waals surface area contributed by atoms with E-state index in [2.05, 4.69) is 15.0 Å². The third kappa shape index (κ3) is 3.70. The number of aromatic carboxylic acids is 1. The first-order chi connectivity index (χ1) is 18.1. The van der Waals surface area contributed by atoms with Gasteiger partial charge in [0.1, 0.15) is 5.69 Å². The SMILES string of the molecule is Cc1cc(C(=O)c2c(O)c(O)c(C3=c4[nH]c(C)cc4=C(C(C)(C)C)C(=O)C3=O)c3cc(C)[nH]c23)c(C(=O)O)[nH]1. The van der Waals surface area contributed by atoms with E-state index in [-0.39, 0.29) is 38.9 Å². The number of H-pyrrole nitrogens is 3. The fraction of sp³-hybridized carbons (Fsp3) is 0.241. The summed E-state index contributed by atoms with van der Waals surface area (Å²) in [5.41, 5.74) is 0.221. The summed E-state index contributed by atoms with van der Waals surface area (Å²) in [6, 6.07) is 4.69. The van der Waals surface area contributed by atoms with E-state index in [4.69, 9.17) is 0 Å². The predicted molar refractivity (Wildman–Crippen MR) is 142 cm³/mol. The molecule has 10 nitrogen and oxygen atoms in total. The lowest BCUT2D eigenvalue weighted by Crippen LogP contribution is -2.43. The van der Waals surface area contributed by atoms with Crippen LogP contribution in [0.5, 0.6) is 11.5 Å². The summed E-state index contributed by atoms with van der Waals surface area (Å²) < 4.78 is 0. The maximum atomic E-state index is 13.7. The fourth-order valence-electron chi connectivity index (χ4n) is 5.44. The second-order valence-corrected chi connectivity index (χ2v) is 11.0. The number of hydrogen-bond acceptors (Lipinski definition) is 6. The Morgan fingerprint density at radius 1 is 0.821 bits per heavy atom. The Bertz CT molecular complexity index is 1920. The second kappa shape index (κ2) is 8.32. The van der Waals surface area contributed by atoms with Crippen LogP contribution in [0.4, 0.5) is 0 Å². The monoisotopic (exact) mass is 529 g/mol. The summed E-state index contributed by atoms with van der Waals surface area (Å²) in [7, 11) is 0. The van der Waals surface area contributed by atoms with E-state index in [0.29, 0.717) is 33.2 Å². The molecular weight excluding hydrogens is 502 g/mol. The lowest BCUT2D eigenvalue weighted by Gasteiger charge is -2.24.